The zero-order valence-corrected chi connectivity index (χ0v) is 12.3. The van der Waals surface area contributed by atoms with Gasteiger partial charge in [-0.25, -0.2) is 0 Å². The average molecular weight is 329 g/mol. The lowest BCUT2D eigenvalue weighted by Gasteiger charge is -2.06. The fraction of sp³-hybridized carbons (Fsp3) is 0.0625. The molecule has 0 aliphatic carbocycles. The zero-order valence-electron chi connectivity index (χ0n) is 10.7. The van der Waals surface area contributed by atoms with Crippen LogP contribution in [0, 0.1) is 0 Å². The highest BCUT2D eigenvalue weighted by Gasteiger charge is 2.06. The quantitative estimate of drug-likeness (QED) is 0.753. The molecule has 3 nitrogen and oxygen atoms in total. The van der Waals surface area contributed by atoms with E-state index < -0.39 is 0 Å². The molecule has 100 valence electrons. The maximum atomic E-state index is 12.1. The van der Waals surface area contributed by atoms with E-state index in [1.54, 1.807) is 0 Å². The second kappa shape index (κ2) is 5.51. The van der Waals surface area contributed by atoms with Crippen LogP contribution in [-0.2, 0) is 6.54 Å². The molecule has 0 aliphatic heterocycles. The number of hydrogen-bond donors (Lipinski definition) is 2. The van der Waals surface area contributed by atoms with Crippen molar-refractivity contribution in [2.75, 3.05) is 0 Å². The maximum absolute atomic E-state index is 12.1. The second-order valence-corrected chi connectivity index (χ2v) is 5.51. The molecule has 20 heavy (non-hydrogen) atoms. The predicted octanol–water partition coefficient (Wildman–Crippen LogP) is 3.86. The van der Waals surface area contributed by atoms with Gasteiger partial charge in [0.15, 0.2) is 0 Å². The third kappa shape index (κ3) is 2.75. The molecule has 2 aromatic carbocycles. The van der Waals surface area contributed by atoms with E-state index in [1.807, 2.05) is 54.7 Å². The van der Waals surface area contributed by atoms with Crippen LogP contribution in [0.15, 0.2) is 59.2 Å². The van der Waals surface area contributed by atoms with Gasteiger partial charge in [0.05, 0.1) is 0 Å². The molecule has 3 rings (SSSR count). The van der Waals surface area contributed by atoms with Crippen LogP contribution in [0.3, 0.4) is 0 Å². The summed E-state index contributed by atoms with van der Waals surface area (Å²) in [4.78, 5) is 15.2. The number of rotatable bonds is 3. The predicted molar refractivity (Wildman–Crippen MR) is 83.6 cm³/mol. The number of halogens is 1. The average Bonchev–Trinajstić information content (AvgIpc) is 2.92. The topological polar surface area (TPSA) is 44.9 Å². The van der Waals surface area contributed by atoms with Crippen molar-refractivity contribution in [1.82, 2.24) is 10.3 Å². The molecule has 0 radical (unpaired) electrons. The lowest BCUT2D eigenvalue weighted by atomic mass is 10.1. The van der Waals surface area contributed by atoms with Crippen LogP contribution in [0.2, 0.25) is 0 Å². The SMILES string of the molecule is O=C(NCc1cccc(Br)c1)c1ccc2[nH]ccc2c1. The van der Waals surface area contributed by atoms with Gasteiger partial charge in [0.25, 0.3) is 5.91 Å². The second-order valence-electron chi connectivity index (χ2n) is 4.59. The molecular formula is C16H13BrN2O. The number of benzene rings is 2. The van der Waals surface area contributed by atoms with Crippen LogP contribution in [0.4, 0.5) is 0 Å². The number of hydrogen-bond acceptors (Lipinski definition) is 1. The fourth-order valence-electron chi connectivity index (χ4n) is 2.13. The monoisotopic (exact) mass is 328 g/mol. The molecule has 0 spiro atoms. The lowest BCUT2D eigenvalue weighted by molar-refractivity contribution is 0.0951. The molecule has 0 saturated heterocycles. The molecule has 3 aromatic rings. The lowest BCUT2D eigenvalue weighted by Crippen LogP contribution is -2.22. The Hall–Kier alpha value is -2.07. The number of nitrogens with one attached hydrogen (secondary N) is 2. The van der Waals surface area contributed by atoms with Gasteiger partial charge in [-0.3, -0.25) is 4.79 Å². The number of aromatic amines is 1. The Kier molecular flexibility index (Phi) is 3.56. The van der Waals surface area contributed by atoms with Gasteiger partial charge in [-0.15, -0.1) is 0 Å². The molecule has 1 aromatic heterocycles. The summed E-state index contributed by atoms with van der Waals surface area (Å²) in [5.41, 5.74) is 2.77. The van der Waals surface area contributed by atoms with Crippen molar-refractivity contribution in [3.8, 4) is 0 Å². The number of aromatic nitrogens is 1. The van der Waals surface area contributed by atoms with E-state index in [1.165, 1.54) is 0 Å². The summed E-state index contributed by atoms with van der Waals surface area (Å²) in [6.07, 6.45) is 1.87. The first-order valence-corrected chi connectivity index (χ1v) is 7.11. The van der Waals surface area contributed by atoms with E-state index in [9.17, 15) is 4.79 Å². The standard InChI is InChI=1S/C16H13BrN2O/c17-14-3-1-2-11(8-14)10-19-16(20)13-4-5-15-12(9-13)6-7-18-15/h1-9,18H,10H2,(H,19,20). The molecule has 0 atom stereocenters. The largest absolute Gasteiger partial charge is 0.361 e. The van der Waals surface area contributed by atoms with Crippen LogP contribution < -0.4 is 5.32 Å². The third-order valence-corrected chi connectivity index (χ3v) is 3.65. The van der Waals surface area contributed by atoms with E-state index in [0.717, 1.165) is 20.9 Å². The molecule has 0 aliphatic rings. The molecule has 0 unspecified atom stereocenters. The van der Waals surface area contributed by atoms with Gasteiger partial charge < -0.3 is 10.3 Å². The minimum Gasteiger partial charge on any atom is -0.361 e. The first kappa shape index (κ1) is 12.9. The summed E-state index contributed by atoms with van der Waals surface area (Å²) < 4.78 is 1.01. The molecule has 1 heterocycles. The Morgan fingerprint density at radius 1 is 1.15 bits per heavy atom. The van der Waals surface area contributed by atoms with Crippen LogP contribution in [0.1, 0.15) is 15.9 Å². The van der Waals surface area contributed by atoms with Crippen molar-refractivity contribution in [1.29, 1.82) is 0 Å². The summed E-state index contributed by atoms with van der Waals surface area (Å²) in [5, 5.41) is 3.97. The highest BCUT2D eigenvalue weighted by molar-refractivity contribution is 9.10. The van der Waals surface area contributed by atoms with Crippen molar-refractivity contribution < 1.29 is 4.79 Å². The van der Waals surface area contributed by atoms with Gasteiger partial charge in [-0.05, 0) is 42.0 Å². The molecule has 2 N–H and O–H groups in total. The van der Waals surface area contributed by atoms with Crippen LogP contribution in [0.5, 0.6) is 0 Å². The molecule has 0 fully saturated rings. The van der Waals surface area contributed by atoms with Gasteiger partial charge in [0.2, 0.25) is 0 Å². The summed E-state index contributed by atoms with van der Waals surface area (Å²) >= 11 is 3.42. The van der Waals surface area contributed by atoms with Gasteiger partial charge in [0, 0.05) is 33.7 Å². The molecule has 0 bridgehead atoms. The number of carbonyl (C=O) groups is 1. The van der Waals surface area contributed by atoms with Crippen LogP contribution in [-0.4, -0.2) is 10.9 Å². The Morgan fingerprint density at radius 2 is 2.05 bits per heavy atom. The van der Waals surface area contributed by atoms with E-state index in [-0.39, 0.29) is 5.91 Å². The smallest absolute Gasteiger partial charge is 0.251 e. The fourth-order valence-corrected chi connectivity index (χ4v) is 2.57. The van der Waals surface area contributed by atoms with E-state index in [2.05, 4.69) is 26.2 Å². The molecular weight excluding hydrogens is 316 g/mol. The molecule has 1 amide bonds. The Bertz CT molecular complexity index is 764. The summed E-state index contributed by atoms with van der Waals surface area (Å²) in [6.45, 7) is 0.517. The third-order valence-electron chi connectivity index (χ3n) is 3.16. The van der Waals surface area contributed by atoms with Crippen LogP contribution in [0.25, 0.3) is 10.9 Å². The van der Waals surface area contributed by atoms with E-state index >= 15 is 0 Å². The molecule has 4 heteroatoms. The van der Waals surface area contributed by atoms with Crippen molar-refractivity contribution in [3.05, 3.63) is 70.3 Å². The number of fused-ring (bicyclic) bond motifs is 1. The highest BCUT2D eigenvalue weighted by atomic mass is 79.9. The van der Waals surface area contributed by atoms with Crippen molar-refractivity contribution >= 4 is 32.7 Å². The zero-order chi connectivity index (χ0) is 13.9. The first-order valence-electron chi connectivity index (χ1n) is 6.32. The summed E-state index contributed by atoms with van der Waals surface area (Å²) in [6, 6.07) is 15.5. The van der Waals surface area contributed by atoms with Gasteiger partial charge in [0.1, 0.15) is 0 Å². The van der Waals surface area contributed by atoms with E-state index in [0.29, 0.717) is 12.1 Å². The summed E-state index contributed by atoms with van der Waals surface area (Å²) in [7, 11) is 0. The van der Waals surface area contributed by atoms with Crippen molar-refractivity contribution in [2.24, 2.45) is 0 Å². The first-order chi connectivity index (χ1) is 9.72. The van der Waals surface area contributed by atoms with E-state index in [4.69, 9.17) is 0 Å². The van der Waals surface area contributed by atoms with Crippen molar-refractivity contribution in [3.63, 3.8) is 0 Å². The number of carbonyl (C=O) groups excluding carboxylic acids is 1. The summed E-state index contributed by atoms with van der Waals surface area (Å²) in [5.74, 6) is -0.0620. The van der Waals surface area contributed by atoms with Gasteiger partial charge in [-0.2, -0.15) is 0 Å². The Morgan fingerprint density at radius 3 is 2.90 bits per heavy atom. The van der Waals surface area contributed by atoms with Gasteiger partial charge in [-0.1, -0.05) is 28.1 Å². The number of amides is 1. The van der Waals surface area contributed by atoms with Crippen molar-refractivity contribution in [2.45, 2.75) is 6.54 Å². The minimum absolute atomic E-state index is 0.0620. The Balaban J connectivity index is 1.72. The number of H-pyrrole nitrogens is 1. The maximum Gasteiger partial charge on any atom is 0.251 e. The molecule has 0 saturated carbocycles. The van der Waals surface area contributed by atoms with Gasteiger partial charge >= 0.3 is 0 Å². The Labute approximate surface area is 125 Å². The highest BCUT2D eigenvalue weighted by Crippen LogP contribution is 2.15. The van der Waals surface area contributed by atoms with Crippen LogP contribution >= 0.6 is 15.9 Å². The normalized spacial score (nSPS) is 10.7. The minimum atomic E-state index is -0.0620.